The number of aromatic nitrogens is 1. The summed E-state index contributed by atoms with van der Waals surface area (Å²) in [6.45, 7) is 0. The Hall–Kier alpha value is -2.63. The average Bonchev–Trinajstić information content (AvgIpc) is 3.05. The highest BCUT2D eigenvalue weighted by Gasteiger charge is 2.42. The van der Waals surface area contributed by atoms with Crippen LogP contribution in [0.25, 0.3) is 21.7 Å². The van der Waals surface area contributed by atoms with Gasteiger partial charge in [-0.3, -0.25) is 4.79 Å². The highest BCUT2D eigenvalue weighted by atomic mass is 32.2. The van der Waals surface area contributed by atoms with Crippen molar-refractivity contribution in [1.29, 1.82) is 0 Å². The van der Waals surface area contributed by atoms with Gasteiger partial charge in [-0.25, -0.2) is 22.9 Å². The molecule has 0 fully saturated rings. The Balaban J connectivity index is 2.17. The molecule has 28 heavy (non-hydrogen) atoms. The summed E-state index contributed by atoms with van der Waals surface area (Å²) in [5, 5.41) is 4.25. The molecule has 5 nitrogen and oxygen atoms in total. The van der Waals surface area contributed by atoms with Gasteiger partial charge < -0.3 is 0 Å². The van der Waals surface area contributed by atoms with Gasteiger partial charge in [0, 0.05) is 5.56 Å². The predicted octanol–water partition coefficient (Wildman–Crippen LogP) is 4.01. The van der Waals surface area contributed by atoms with Crippen LogP contribution < -0.4 is 5.14 Å². The van der Waals surface area contributed by atoms with E-state index in [-0.39, 0.29) is 15.5 Å². The number of halogens is 4. The largest absolute Gasteiger partial charge is 0.457 e. The molecule has 1 aromatic heterocycles. The van der Waals surface area contributed by atoms with Crippen LogP contribution in [-0.4, -0.2) is 25.4 Å². The molecule has 0 radical (unpaired) electrons. The van der Waals surface area contributed by atoms with Crippen LogP contribution in [0.15, 0.2) is 53.4 Å². The maximum absolute atomic E-state index is 13.2. The van der Waals surface area contributed by atoms with Crippen molar-refractivity contribution in [2.24, 2.45) is 5.14 Å². The van der Waals surface area contributed by atoms with Crippen LogP contribution in [0.5, 0.6) is 0 Å². The molecule has 2 N–H and O–H groups in total. The van der Waals surface area contributed by atoms with E-state index in [0.717, 1.165) is 12.1 Å². The number of hydrogen-bond donors (Lipinski definition) is 1. The maximum Gasteiger partial charge on any atom is 0.457 e. The molecular weight excluding hydrogens is 420 g/mol. The monoisotopic (exact) mass is 430 g/mol. The smallest absolute Gasteiger partial charge is 0.281 e. The molecule has 0 unspecified atom stereocenters. The summed E-state index contributed by atoms with van der Waals surface area (Å²) in [7, 11) is -3.95. The van der Waals surface area contributed by atoms with Crippen LogP contribution >= 0.6 is 11.3 Å². The standard InChI is InChI=1S/C17H10F4N2O3S2/c18-11-5-1-9(2-6-11)13-14(27-16(23-13)15(24)17(19,20)21)10-3-7-12(8-4-10)28(22,25)26/h1-8H,(H2,22,25,26). The summed E-state index contributed by atoms with van der Waals surface area (Å²) in [6, 6.07) is 9.88. The van der Waals surface area contributed by atoms with Gasteiger partial charge in [-0.2, -0.15) is 13.2 Å². The van der Waals surface area contributed by atoms with Crippen molar-refractivity contribution >= 4 is 27.1 Å². The van der Waals surface area contributed by atoms with Gasteiger partial charge in [-0.15, -0.1) is 11.3 Å². The number of primary sulfonamides is 1. The van der Waals surface area contributed by atoms with E-state index in [4.69, 9.17) is 5.14 Å². The molecule has 0 saturated heterocycles. The fourth-order valence-corrected chi connectivity index (χ4v) is 3.90. The fourth-order valence-electron chi connectivity index (χ4n) is 2.33. The zero-order chi connectivity index (χ0) is 20.7. The third-order valence-corrected chi connectivity index (χ3v) is 5.67. The third kappa shape index (κ3) is 4.11. The molecule has 0 bridgehead atoms. The number of Topliss-reactive ketones (excluding diaryl/α,β-unsaturated/α-hetero) is 1. The number of carbonyl (C=O) groups excluding carboxylic acids is 1. The summed E-state index contributed by atoms with van der Waals surface area (Å²) in [4.78, 5) is 15.4. The number of sulfonamides is 1. The van der Waals surface area contributed by atoms with Crippen molar-refractivity contribution in [3.05, 3.63) is 59.4 Å². The number of benzene rings is 2. The van der Waals surface area contributed by atoms with Gasteiger partial charge in [0.05, 0.1) is 15.5 Å². The Morgan fingerprint density at radius 2 is 1.50 bits per heavy atom. The Morgan fingerprint density at radius 3 is 2.00 bits per heavy atom. The maximum atomic E-state index is 13.2. The minimum absolute atomic E-state index is 0.0426. The number of ketones is 1. The van der Waals surface area contributed by atoms with Crippen molar-refractivity contribution in [3.63, 3.8) is 0 Å². The van der Waals surface area contributed by atoms with Crippen molar-refractivity contribution < 1.29 is 30.8 Å². The van der Waals surface area contributed by atoms with Gasteiger partial charge in [0.15, 0.2) is 5.01 Å². The average molecular weight is 430 g/mol. The van der Waals surface area contributed by atoms with Gasteiger partial charge in [-0.05, 0) is 42.0 Å². The molecule has 146 valence electrons. The molecule has 0 aliphatic carbocycles. The first-order valence-electron chi connectivity index (χ1n) is 7.48. The second-order valence-corrected chi connectivity index (χ2v) is 8.16. The number of thiazole rings is 1. The minimum atomic E-state index is -5.10. The van der Waals surface area contributed by atoms with Gasteiger partial charge in [0.25, 0.3) is 5.78 Å². The molecule has 0 atom stereocenters. The molecule has 3 rings (SSSR count). The van der Waals surface area contributed by atoms with Crippen LogP contribution in [0, 0.1) is 5.82 Å². The number of nitrogens with two attached hydrogens (primary N) is 1. The molecule has 11 heteroatoms. The zero-order valence-electron chi connectivity index (χ0n) is 13.7. The van der Waals surface area contributed by atoms with E-state index in [1.807, 2.05) is 0 Å². The quantitative estimate of drug-likeness (QED) is 0.500. The van der Waals surface area contributed by atoms with Crippen molar-refractivity contribution in [2.45, 2.75) is 11.1 Å². The summed E-state index contributed by atoms with van der Waals surface area (Å²) in [6.07, 6.45) is -5.10. The lowest BCUT2D eigenvalue weighted by molar-refractivity contribution is -0.0885. The molecule has 2 aromatic carbocycles. The minimum Gasteiger partial charge on any atom is -0.281 e. The molecule has 1 heterocycles. The molecule has 0 saturated carbocycles. The number of carbonyl (C=O) groups is 1. The molecule has 3 aromatic rings. The second kappa shape index (κ2) is 7.08. The lowest BCUT2D eigenvalue weighted by atomic mass is 10.1. The van der Waals surface area contributed by atoms with Crippen LogP contribution in [0.1, 0.15) is 9.80 Å². The SMILES string of the molecule is NS(=O)(=O)c1ccc(-c2sc(C(=O)C(F)(F)F)nc2-c2ccc(F)cc2)cc1. The summed E-state index contributed by atoms with van der Waals surface area (Å²) in [5.41, 5.74) is 0.663. The molecule has 0 aliphatic heterocycles. The van der Waals surface area contributed by atoms with E-state index < -0.39 is 32.8 Å². The van der Waals surface area contributed by atoms with Crippen LogP contribution in [0.2, 0.25) is 0 Å². The summed E-state index contributed by atoms with van der Waals surface area (Å²) >= 11 is 0.505. The van der Waals surface area contributed by atoms with Crippen molar-refractivity contribution in [3.8, 4) is 21.7 Å². The third-order valence-electron chi connectivity index (χ3n) is 3.64. The van der Waals surface area contributed by atoms with Gasteiger partial charge >= 0.3 is 6.18 Å². The Kier molecular flexibility index (Phi) is 5.08. The van der Waals surface area contributed by atoms with E-state index in [2.05, 4.69) is 4.98 Å². The number of alkyl halides is 3. The number of hydrogen-bond acceptors (Lipinski definition) is 5. The zero-order valence-corrected chi connectivity index (χ0v) is 15.3. The lowest BCUT2D eigenvalue weighted by Gasteiger charge is -2.04. The molecule has 0 aliphatic rings. The first kappa shape index (κ1) is 20.1. The van der Waals surface area contributed by atoms with E-state index >= 15 is 0 Å². The summed E-state index contributed by atoms with van der Waals surface area (Å²) in [5.74, 6) is -2.65. The van der Waals surface area contributed by atoms with Crippen molar-refractivity contribution in [1.82, 2.24) is 4.98 Å². The second-order valence-electron chi connectivity index (χ2n) is 5.60. The molecule has 0 spiro atoms. The lowest BCUT2D eigenvalue weighted by Crippen LogP contribution is -2.22. The Labute approximate surface area is 160 Å². The molecular formula is C17H10F4N2O3S2. The predicted molar refractivity (Wildman–Crippen MR) is 94.7 cm³/mol. The van der Waals surface area contributed by atoms with Crippen LogP contribution in [0.3, 0.4) is 0 Å². The number of rotatable bonds is 4. The summed E-state index contributed by atoms with van der Waals surface area (Å²) < 4.78 is 74.3. The van der Waals surface area contributed by atoms with E-state index in [0.29, 0.717) is 22.5 Å². The fraction of sp³-hybridized carbons (Fsp3) is 0.0588. The Bertz CT molecular complexity index is 1140. The highest BCUT2D eigenvalue weighted by Crippen LogP contribution is 2.39. The molecule has 0 amide bonds. The van der Waals surface area contributed by atoms with E-state index in [1.165, 1.54) is 36.4 Å². The van der Waals surface area contributed by atoms with Crippen LogP contribution in [0.4, 0.5) is 17.6 Å². The first-order valence-corrected chi connectivity index (χ1v) is 9.84. The van der Waals surface area contributed by atoms with Gasteiger partial charge in [-0.1, -0.05) is 12.1 Å². The topological polar surface area (TPSA) is 90.1 Å². The van der Waals surface area contributed by atoms with Crippen LogP contribution in [-0.2, 0) is 10.0 Å². The van der Waals surface area contributed by atoms with E-state index in [1.54, 1.807) is 0 Å². The van der Waals surface area contributed by atoms with Crippen molar-refractivity contribution in [2.75, 3.05) is 0 Å². The van der Waals surface area contributed by atoms with E-state index in [9.17, 15) is 30.8 Å². The normalized spacial score (nSPS) is 12.2. The number of nitrogens with zero attached hydrogens (tertiary/aromatic N) is 1. The first-order chi connectivity index (χ1) is 13.0. The Morgan fingerprint density at radius 1 is 0.964 bits per heavy atom. The highest BCUT2D eigenvalue weighted by molar-refractivity contribution is 7.89. The van der Waals surface area contributed by atoms with Gasteiger partial charge in [0.1, 0.15) is 5.82 Å². The van der Waals surface area contributed by atoms with Gasteiger partial charge in [0.2, 0.25) is 10.0 Å².